The van der Waals surface area contributed by atoms with E-state index >= 15 is 0 Å². The maximum Gasteiger partial charge on any atom is 0.225 e. The molecule has 0 bridgehead atoms. The van der Waals surface area contributed by atoms with E-state index in [-0.39, 0.29) is 0 Å². The van der Waals surface area contributed by atoms with Gasteiger partial charge in [0.15, 0.2) is 18.2 Å². The molecule has 0 amide bonds. The minimum Gasteiger partial charge on any atom is -0.493 e. The maximum atomic E-state index is 5.64. The van der Waals surface area contributed by atoms with Crippen molar-refractivity contribution in [2.24, 2.45) is 0 Å². The van der Waals surface area contributed by atoms with Gasteiger partial charge in [-0.15, -0.1) is 0 Å². The molecule has 2 aromatic carbocycles. The standard InChI is InChI=1S/C21H27N5O2S/c1-14-7-8-15(2)18(9-14)26-21(29)25(22-23-26)13-24(4)12-17-11-20(28-6)19(27-5)10-16(17)3/h7-11H,12-13H2,1-6H3/p+1. The molecule has 3 rings (SSSR count). The molecule has 0 aliphatic heterocycles. The second-order valence-electron chi connectivity index (χ2n) is 7.39. The number of benzene rings is 2. The van der Waals surface area contributed by atoms with Gasteiger partial charge in [-0.25, -0.2) is 0 Å². The van der Waals surface area contributed by atoms with Crippen LogP contribution in [0.2, 0.25) is 0 Å². The number of tetrazole rings is 1. The van der Waals surface area contributed by atoms with E-state index in [2.05, 4.69) is 49.5 Å². The van der Waals surface area contributed by atoms with Crippen LogP contribution >= 0.6 is 12.2 Å². The second-order valence-corrected chi connectivity index (χ2v) is 7.75. The molecule has 0 aliphatic rings. The molecule has 8 heteroatoms. The molecule has 1 N–H and O–H groups in total. The van der Waals surface area contributed by atoms with E-state index in [9.17, 15) is 0 Å². The molecular weight excluding hydrogens is 386 g/mol. The summed E-state index contributed by atoms with van der Waals surface area (Å²) in [6, 6.07) is 10.3. The zero-order valence-electron chi connectivity index (χ0n) is 17.8. The summed E-state index contributed by atoms with van der Waals surface area (Å²) in [5, 5.41) is 8.58. The molecule has 0 radical (unpaired) electrons. The van der Waals surface area contributed by atoms with E-state index in [1.807, 2.05) is 19.1 Å². The summed E-state index contributed by atoms with van der Waals surface area (Å²) in [7, 11) is 5.41. The summed E-state index contributed by atoms with van der Waals surface area (Å²) in [5.41, 5.74) is 5.59. The monoisotopic (exact) mass is 414 g/mol. The van der Waals surface area contributed by atoms with Crippen molar-refractivity contribution >= 4 is 12.2 Å². The van der Waals surface area contributed by atoms with Crippen LogP contribution in [-0.4, -0.2) is 41.1 Å². The first kappa shape index (κ1) is 21.0. The largest absolute Gasteiger partial charge is 0.493 e. The van der Waals surface area contributed by atoms with Gasteiger partial charge in [-0.05, 0) is 78.3 Å². The summed E-state index contributed by atoms with van der Waals surface area (Å²) >= 11 is 5.64. The molecule has 1 heterocycles. The topological polar surface area (TPSA) is 58.5 Å². The van der Waals surface area contributed by atoms with Crippen LogP contribution < -0.4 is 14.4 Å². The van der Waals surface area contributed by atoms with Crippen LogP contribution in [0.3, 0.4) is 0 Å². The van der Waals surface area contributed by atoms with Crippen molar-refractivity contribution in [2.75, 3.05) is 21.3 Å². The summed E-state index contributed by atoms with van der Waals surface area (Å²) in [6.45, 7) is 7.59. The molecular formula is C21H28N5O2S+. The van der Waals surface area contributed by atoms with Gasteiger partial charge in [0, 0.05) is 5.56 Å². The lowest BCUT2D eigenvalue weighted by atomic mass is 10.1. The van der Waals surface area contributed by atoms with Crippen molar-refractivity contribution in [2.45, 2.75) is 34.0 Å². The fraction of sp³-hybridized carbons (Fsp3) is 0.381. The first-order chi connectivity index (χ1) is 13.8. The molecule has 0 fully saturated rings. The predicted octanol–water partition coefficient (Wildman–Crippen LogP) is 2.41. The van der Waals surface area contributed by atoms with Gasteiger partial charge in [0.2, 0.25) is 4.77 Å². The summed E-state index contributed by atoms with van der Waals surface area (Å²) in [6.07, 6.45) is 0. The highest BCUT2D eigenvalue weighted by Gasteiger charge is 2.15. The van der Waals surface area contributed by atoms with Gasteiger partial charge in [-0.3, -0.25) is 0 Å². The summed E-state index contributed by atoms with van der Waals surface area (Å²) in [5.74, 6) is 1.48. The Morgan fingerprint density at radius 1 is 0.966 bits per heavy atom. The lowest BCUT2D eigenvalue weighted by Crippen LogP contribution is -3.07. The third kappa shape index (κ3) is 4.49. The van der Waals surface area contributed by atoms with E-state index in [0.717, 1.165) is 40.4 Å². The number of aromatic nitrogens is 4. The van der Waals surface area contributed by atoms with Crippen LogP contribution in [0.15, 0.2) is 30.3 Å². The molecule has 0 saturated carbocycles. The van der Waals surface area contributed by atoms with Crippen molar-refractivity contribution in [3.8, 4) is 17.2 Å². The van der Waals surface area contributed by atoms with Crippen molar-refractivity contribution in [1.82, 2.24) is 19.8 Å². The Morgan fingerprint density at radius 3 is 2.34 bits per heavy atom. The molecule has 3 aromatic rings. The number of hydrogen-bond acceptors (Lipinski definition) is 5. The SMILES string of the molecule is COc1cc(C)c(C[NH+](C)Cn2nnn(-c3cc(C)ccc3C)c2=S)cc1OC. The van der Waals surface area contributed by atoms with Crippen LogP contribution in [0.1, 0.15) is 22.3 Å². The highest BCUT2D eigenvalue weighted by atomic mass is 32.1. The zero-order chi connectivity index (χ0) is 21.1. The third-order valence-corrected chi connectivity index (χ3v) is 5.37. The fourth-order valence-electron chi connectivity index (χ4n) is 3.32. The number of nitrogens with one attached hydrogen (secondary N) is 1. The van der Waals surface area contributed by atoms with Crippen molar-refractivity contribution in [3.63, 3.8) is 0 Å². The third-order valence-electron chi connectivity index (χ3n) is 4.99. The second kappa shape index (κ2) is 8.75. The number of rotatable bonds is 7. The fourth-order valence-corrected chi connectivity index (χ4v) is 3.56. The number of nitrogens with zero attached hydrogens (tertiary/aromatic N) is 4. The van der Waals surface area contributed by atoms with Crippen LogP contribution in [0.25, 0.3) is 5.69 Å². The normalized spacial score (nSPS) is 12.1. The van der Waals surface area contributed by atoms with Crippen molar-refractivity contribution < 1.29 is 14.4 Å². The average Bonchev–Trinajstić information content (AvgIpc) is 3.05. The Labute approximate surface area is 176 Å². The Morgan fingerprint density at radius 2 is 1.66 bits per heavy atom. The number of ether oxygens (including phenoxy) is 2. The van der Waals surface area contributed by atoms with E-state index in [1.165, 1.54) is 10.5 Å². The predicted molar refractivity (Wildman–Crippen MR) is 115 cm³/mol. The summed E-state index contributed by atoms with van der Waals surface area (Å²) in [4.78, 5) is 1.23. The van der Waals surface area contributed by atoms with Crippen molar-refractivity contribution in [1.29, 1.82) is 0 Å². The Kier molecular flexibility index (Phi) is 6.34. The van der Waals surface area contributed by atoms with Gasteiger partial charge >= 0.3 is 0 Å². The minimum atomic E-state index is 0.585. The lowest BCUT2D eigenvalue weighted by Gasteiger charge is -2.17. The van der Waals surface area contributed by atoms with Gasteiger partial charge in [0.05, 0.1) is 27.0 Å². The van der Waals surface area contributed by atoms with E-state index in [4.69, 9.17) is 21.7 Å². The number of hydrogen-bond donors (Lipinski definition) is 1. The Hall–Kier alpha value is -2.71. The number of quaternary nitrogens is 1. The average molecular weight is 415 g/mol. The Bertz CT molecular complexity index is 1070. The maximum absolute atomic E-state index is 5.64. The Balaban J connectivity index is 1.80. The molecule has 154 valence electrons. The zero-order valence-corrected chi connectivity index (χ0v) is 18.6. The number of methoxy groups -OCH3 is 2. The molecule has 0 saturated heterocycles. The molecule has 1 aromatic heterocycles. The van der Waals surface area contributed by atoms with Crippen LogP contribution in [0, 0.1) is 25.5 Å². The molecule has 0 aliphatic carbocycles. The van der Waals surface area contributed by atoms with Gasteiger partial charge in [0.25, 0.3) is 0 Å². The molecule has 1 unspecified atom stereocenters. The first-order valence-corrected chi connectivity index (χ1v) is 9.88. The van der Waals surface area contributed by atoms with E-state index < -0.39 is 0 Å². The minimum absolute atomic E-state index is 0.585. The van der Waals surface area contributed by atoms with Gasteiger partial charge < -0.3 is 14.4 Å². The van der Waals surface area contributed by atoms with Crippen LogP contribution in [-0.2, 0) is 13.2 Å². The van der Waals surface area contributed by atoms with Gasteiger partial charge in [-0.1, -0.05) is 12.1 Å². The first-order valence-electron chi connectivity index (χ1n) is 9.47. The summed E-state index contributed by atoms with van der Waals surface area (Å²) < 4.78 is 14.9. The lowest BCUT2D eigenvalue weighted by molar-refractivity contribution is -0.917. The van der Waals surface area contributed by atoms with Crippen molar-refractivity contribution in [3.05, 3.63) is 57.4 Å². The van der Waals surface area contributed by atoms with Gasteiger partial charge in [0.1, 0.15) is 6.54 Å². The number of aryl methyl sites for hydroxylation is 3. The van der Waals surface area contributed by atoms with Crippen LogP contribution in [0.4, 0.5) is 0 Å². The van der Waals surface area contributed by atoms with E-state index in [1.54, 1.807) is 23.6 Å². The molecule has 0 spiro atoms. The van der Waals surface area contributed by atoms with Crippen LogP contribution in [0.5, 0.6) is 11.5 Å². The highest BCUT2D eigenvalue weighted by molar-refractivity contribution is 7.71. The molecule has 7 nitrogen and oxygen atoms in total. The molecule has 1 atom stereocenters. The van der Waals surface area contributed by atoms with E-state index in [0.29, 0.717) is 11.4 Å². The molecule has 29 heavy (non-hydrogen) atoms. The quantitative estimate of drug-likeness (QED) is 0.602. The smallest absolute Gasteiger partial charge is 0.225 e. The highest BCUT2D eigenvalue weighted by Crippen LogP contribution is 2.29. The van der Waals surface area contributed by atoms with Gasteiger partial charge in [-0.2, -0.15) is 9.36 Å².